The van der Waals surface area contributed by atoms with Gasteiger partial charge in [-0.25, -0.2) is 0 Å². The summed E-state index contributed by atoms with van der Waals surface area (Å²) in [5.74, 6) is 1.71. The van der Waals surface area contributed by atoms with E-state index in [9.17, 15) is 0 Å². The Balaban J connectivity index is 2.08. The average molecular weight is 167 g/mol. The standard InChI is InChI=1S/C9H13NO2/c1-7-8(3-4-11-7)12-9(2)5-10-6-9/h3-4,10H,5-6H2,1-2H3. The summed E-state index contributed by atoms with van der Waals surface area (Å²) in [4.78, 5) is 0. The lowest BCUT2D eigenvalue weighted by atomic mass is 10.00. The van der Waals surface area contributed by atoms with E-state index in [-0.39, 0.29) is 5.60 Å². The predicted octanol–water partition coefficient (Wildman–Crippen LogP) is 1.33. The smallest absolute Gasteiger partial charge is 0.161 e. The van der Waals surface area contributed by atoms with Crippen LogP contribution in [0.15, 0.2) is 16.7 Å². The highest BCUT2D eigenvalue weighted by Gasteiger charge is 2.34. The van der Waals surface area contributed by atoms with Crippen LogP contribution in [0, 0.1) is 6.92 Å². The fraction of sp³-hybridized carbons (Fsp3) is 0.556. The first-order valence-electron chi connectivity index (χ1n) is 4.13. The minimum absolute atomic E-state index is 0.0331. The maximum atomic E-state index is 5.75. The molecule has 1 fully saturated rings. The highest BCUT2D eigenvalue weighted by atomic mass is 16.5. The van der Waals surface area contributed by atoms with E-state index in [0.717, 1.165) is 24.6 Å². The molecule has 1 saturated heterocycles. The van der Waals surface area contributed by atoms with Gasteiger partial charge in [0.25, 0.3) is 0 Å². The van der Waals surface area contributed by atoms with Crippen molar-refractivity contribution < 1.29 is 9.15 Å². The molecule has 0 amide bonds. The Morgan fingerprint density at radius 3 is 2.75 bits per heavy atom. The second kappa shape index (κ2) is 2.52. The van der Waals surface area contributed by atoms with Gasteiger partial charge in [0.15, 0.2) is 5.75 Å². The molecule has 1 aliphatic heterocycles. The summed E-state index contributed by atoms with van der Waals surface area (Å²) >= 11 is 0. The number of aryl methyl sites for hydroxylation is 1. The Morgan fingerprint density at radius 2 is 2.33 bits per heavy atom. The molecule has 0 bridgehead atoms. The summed E-state index contributed by atoms with van der Waals surface area (Å²) in [7, 11) is 0. The minimum Gasteiger partial charge on any atom is -0.481 e. The van der Waals surface area contributed by atoms with Gasteiger partial charge in [0.2, 0.25) is 0 Å². The largest absolute Gasteiger partial charge is 0.481 e. The van der Waals surface area contributed by atoms with Crippen LogP contribution in [0.5, 0.6) is 5.75 Å². The lowest BCUT2D eigenvalue weighted by Gasteiger charge is -2.39. The van der Waals surface area contributed by atoms with E-state index in [1.165, 1.54) is 0 Å². The molecule has 0 unspecified atom stereocenters. The first-order valence-corrected chi connectivity index (χ1v) is 4.13. The summed E-state index contributed by atoms with van der Waals surface area (Å²) in [6, 6.07) is 1.86. The van der Waals surface area contributed by atoms with E-state index < -0.39 is 0 Å². The van der Waals surface area contributed by atoms with Crippen molar-refractivity contribution in [3.8, 4) is 5.75 Å². The Bertz CT molecular complexity index is 276. The third-order valence-corrected chi connectivity index (χ3v) is 2.17. The van der Waals surface area contributed by atoms with Crippen molar-refractivity contribution in [2.45, 2.75) is 19.4 Å². The molecule has 0 aromatic carbocycles. The maximum absolute atomic E-state index is 5.75. The second-order valence-electron chi connectivity index (χ2n) is 3.50. The highest BCUT2D eigenvalue weighted by Crippen LogP contribution is 2.25. The number of rotatable bonds is 2. The number of ether oxygens (including phenoxy) is 1. The fourth-order valence-electron chi connectivity index (χ4n) is 1.29. The molecule has 0 saturated carbocycles. The Morgan fingerprint density at radius 1 is 1.58 bits per heavy atom. The van der Waals surface area contributed by atoms with Crippen LogP contribution < -0.4 is 10.1 Å². The molecule has 12 heavy (non-hydrogen) atoms. The van der Waals surface area contributed by atoms with Gasteiger partial charge in [-0.3, -0.25) is 0 Å². The molecule has 3 nitrogen and oxygen atoms in total. The van der Waals surface area contributed by atoms with Crippen LogP contribution in [-0.4, -0.2) is 18.7 Å². The van der Waals surface area contributed by atoms with Crippen molar-refractivity contribution in [2.24, 2.45) is 0 Å². The molecule has 66 valence electrons. The topological polar surface area (TPSA) is 34.4 Å². The van der Waals surface area contributed by atoms with Crippen molar-refractivity contribution in [1.82, 2.24) is 5.32 Å². The second-order valence-corrected chi connectivity index (χ2v) is 3.50. The summed E-state index contributed by atoms with van der Waals surface area (Å²) in [5, 5.41) is 3.18. The average Bonchev–Trinajstić information content (AvgIpc) is 2.34. The lowest BCUT2D eigenvalue weighted by Crippen LogP contribution is -2.61. The molecule has 0 atom stereocenters. The molecule has 1 aromatic heterocycles. The van der Waals surface area contributed by atoms with Crippen molar-refractivity contribution in [3.63, 3.8) is 0 Å². The number of hydrogen-bond donors (Lipinski definition) is 1. The Kier molecular flexibility index (Phi) is 1.61. The molecule has 1 N–H and O–H groups in total. The summed E-state index contributed by atoms with van der Waals surface area (Å²) in [6.07, 6.45) is 1.65. The van der Waals surface area contributed by atoms with Crippen molar-refractivity contribution in [1.29, 1.82) is 0 Å². The maximum Gasteiger partial charge on any atom is 0.161 e. The van der Waals surface area contributed by atoms with E-state index in [2.05, 4.69) is 12.2 Å². The SMILES string of the molecule is Cc1occc1OC1(C)CNC1. The van der Waals surface area contributed by atoms with Gasteiger partial charge in [-0.15, -0.1) is 0 Å². The molecule has 3 heteroatoms. The summed E-state index contributed by atoms with van der Waals surface area (Å²) < 4.78 is 10.9. The van der Waals surface area contributed by atoms with Crippen LogP contribution in [0.1, 0.15) is 12.7 Å². The van der Waals surface area contributed by atoms with Gasteiger partial charge < -0.3 is 14.5 Å². The number of nitrogens with one attached hydrogen (secondary N) is 1. The molecule has 0 radical (unpaired) electrons. The third-order valence-electron chi connectivity index (χ3n) is 2.17. The van der Waals surface area contributed by atoms with Gasteiger partial charge >= 0.3 is 0 Å². The van der Waals surface area contributed by atoms with Crippen LogP contribution in [0.2, 0.25) is 0 Å². The normalized spacial score (nSPS) is 20.2. The highest BCUT2D eigenvalue weighted by molar-refractivity contribution is 5.24. The van der Waals surface area contributed by atoms with Crippen LogP contribution >= 0.6 is 0 Å². The van der Waals surface area contributed by atoms with E-state index in [0.29, 0.717) is 0 Å². The first-order chi connectivity index (χ1) is 5.70. The lowest BCUT2D eigenvalue weighted by molar-refractivity contribution is 0.0333. The molecule has 0 aliphatic carbocycles. The Hall–Kier alpha value is -0.960. The van der Waals surface area contributed by atoms with Crippen LogP contribution in [0.25, 0.3) is 0 Å². The molecule has 2 rings (SSSR count). The fourth-order valence-corrected chi connectivity index (χ4v) is 1.29. The van der Waals surface area contributed by atoms with Gasteiger partial charge in [-0.2, -0.15) is 0 Å². The van der Waals surface area contributed by atoms with Crippen LogP contribution in [0.3, 0.4) is 0 Å². The van der Waals surface area contributed by atoms with Crippen LogP contribution in [0.4, 0.5) is 0 Å². The van der Waals surface area contributed by atoms with Gasteiger partial charge in [-0.1, -0.05) is 0 Å². The van der Waals surface area contributed by atoms with E-state index in [4.69, 9.17) is 9.15 Å². The third kappa shape index (κ3) is 1.20. The summed E-state index contributed by atoms with van der Waals surface area (Å²) in [5.41, 5.74) is -0.0331. The van der Waals surface area contributed by atoms with Crippen LogP contribution in [-0.2, 0) is 0 Å². The van der Waals surface area contributed by atoms with E-state index in [1.807, 2.05) is 13.0 Å². The Labute approximate surface area is 71.7 Å². The minimum atomic E-state index is -0.0331. The predicted molar refractivity (Wildman–Crippen MR) is 45.3 cm³/mol. The zero-order valence-corrected chi connectivity index (χ0v) is 7.39. The molecule has 2 heterocycles. The molecule has 1 aliphatic rings. The number of furan rings is 1. The van der Waals surface area contributed by atoms with Crippen molar-refractivity contribution in [2.75, 3.05) is 13.1 Å². The van der Waals surface area contributed by atoms with Gasteiger partial charge in [0.1, 0.15) is 11.4 Å². The molecular weight excluding hydrogens is 154 g/mol. The zero-order chi connectivity index (χ0) is 8.60. The van der Waals surface area contributed by atoms with Gasteiger partial charge in [0, 0.05) is 19.2 Å². The van der Waals surface area contributed by atoms with Gasteiger partial charge in [-0.05, 0) is 13.8 Å². The van der Waals surface area contributed by atoms with E-state index >= 15 is 0 Å². The number of hydrogen-bond acceptors (Lipinski definition) is 3. The van der Waals surface area contributed by atoms with Gasteiger partial charge in [0.05, 0.1) is 6.26 Å². The first kappa shape index (κ1) is 7.68. The quantitative estimate of drug-likeness (QED) is 0.721. The van der Waals surface area contributed by atoms with Crippen molar-refractivity contribution >= 4 is 0 Å². The zero-order valence-electron chi connectivity index (χ0n) is 7.39. The molecular formula is C9H13NO2. The molecule has 1 aromatic rings. The summed E-state index contributed by atoms with van der Waals surface area (Å²) in [6.45, 7) is 5.83. The monoisotopic (exact) mass is 167 g/mol. The van der Waals surface area contributed by atoms with E-state index in [1.54, 1.807) is 6.26 Å². The molecule has 0 spiro atoms. The van der Waals surface area contributed by atoms with Crippen molar-refractivity contribution in [3.05, 3.63) is 18.1 Å².